The van der Waals surface area contributed by atoms with Crippen molar-refractivity contribution in [1.29, 1.82) is 0 Å². The Bertz CT molecular complexity index is 3270. The maximum atomic E-state index is 2.40. The van der Waals surface area contributed by atoms with Crippen molar-refractivity contribution >= 4 is 60.7 Å². The second-order valence-corrected chi connectivity index (χ2v) is 15.6. The zero-order valence-electron chi connectivity index (χ0n) is 33.0. The standard InChI is InChI=1S/C56H41N3/c1-38-20-27-46(28-21-38)57(47-29-22-39(2)23-30-47)48-17-11-12-40(34-48)41-24-32-55-51(36-41)52-37-43(26-33-56(52)59(55)45-15-7-4-8-16-45)42-25-31-54-50(35-42)49-18-9-10-19-53(49)58(54)44-13-5-3-6-14-44/h3-37H,1-2H3. The van der Waals surface area contributed by atoms with Crippen molar-refractivity contribution in [1.82, 2.24) is 9.13 Å². The monoisotopic (exact) mass is 755 g/mol. The predicted molar refractivity (Wildman–Crippen MR) is 250 cm³/mol. The number of rotatable bonds is 7. The molecule has 0 bridgehead atoms. The van der Waals surface area contributed by atoms with Gasteiger partial charge in [0, 0.05) is 50.0 Å². The zero-order chi connectivity index (χ0) is 39.5. The highest BCUT2D eigenvalue weighted by Crippen LogP contribution is 2.41. The van der Waals surface area contributed by atoms with Gasteiger partial charge in [0.25, 0.3) is 0 Å². The second kappa shape index (κ2) is 14.1. The zero-order valence-corrected chi connectivity index (χ0v) is 33.0. The molecule has 0 aliphatic rings. The molecule has 0 unspecified atom stereocenters. The van der Waals surface area contributed by atoms with Crippen LogP contribution in [0.15, 0.2) is 212 Å². The summed E-state index contributed by atoms with van der Waals surface area (Å²) < 4.78 is 4.78. The van der Waals surface area contributed by atoms with Gasteiger partial charge in [-0.3, -0.25) is 0 Å². The maximum absolute atomic E-state index is 2.40. The summed E-state index contributed by atoms with van der Waals surface area (Å²) in [5.74, 6) is 0. The van der Waals surface area contributed by atoms with E-state index in [4.69, 9.17) is 0 Å². The van der Waals surface area contributed by atoms with Crippen LogP contribution >= 0.6 is 0 Å². The van der Waals surface area contributed by atoms with Crippen LogP contribution in [0.25, 0.3) is 77.2 Å². The molecule has 0 atom stereocenters. The molecule has 0 N–H and O–H groups in total. The van der Waals surface area contributed by atoms with Gasteiger partial charge < -0.3 is 14.0 Å². The van der Waals surface area contributed by atoms with E-state index in [1.54, 1.807) is 0 Å². The SMILES string of the molecule is Cc1ccc(N(c2ccc(C)cc2)c2cccc(-c3ccc4c(c3)c3cc(-c5ccc6c(c5)c5ccccc5n6-c5ccccc5)ccc3n4-c3ccccc3)c2)cc1. The molecule has 0 saturated heterocycles. The fourth-order valence-corrected chi connectivity index (χ4v) is 8.90. The van der Waals surface area contributed by atoms with Crippen molar-refractivity contribution in [3.63, 3.8) is 0 Å². The van der Waals surface area contributed by atoms with Gasteiger partial charge in [0.15, 0.2) is 0 Å². The third-order valence-corrected chi connectivity index (χ3v) is 11.8. The van der Waals surface area contributed by atoms with Crippen molar-refractivity contribution in [2.75, 3.05) is 4.90 Å². The van der Waals surface area contributed by atoms with Crippen molar-refractivity contribution in [3.05, 3.63) is 223 Å². The first-order valence-corrected chi connectivity index (χ1v) is 20.3. The Hall–Kier alpha value is -7.62. The number of anilines is 3. The Morgan fingerprint density at radius 3 is 1.19 bits per heavy atom. The summed E-state index contributed by atoms with van der Waals surface area (Å²) in [5.41, 5.74) is 17.7. The quantitative estimate of drug-likeness (QED) is 0.158. The number of para-hydroxylation sites is 3. The van der Waals surface area contributed by atoms with Crippen LogP contribution in [-0.4, -0.2) is 9.13 Å². The smallest absolute Gasteiger partial charge is 0.0541 e. The molecular formula is C56H41N3. The number of fused-ring (bicyclic) bond motifs is 6. The molecule has 0 fully saturated rings. The van der Waals surface area contributed by atoms with Crippen LogP contribution in [0.2, 0.25) is 0 Å². The van der Waals surface area contributed by atoms with E-state index in [0.717, 1.165) is 22.7 Å². The van der Waals surface area contributed by atoms with Gasteiger partial charge >= 0.3 is 0 Å². The molecule has 0 aliphatic heterocycles. The molecule has 11 rings (SSSR count). The summed E-state index contributed by atoms with van der Waals surface area (Å²) in [4.78, 5) is 2.35. The average molecular weight is 756 g/mol. The number of aryl methyl sites for hydroxylation is 2. The minimum atomic E-state index is 1.12. The summed E-state index contributed by atoms with van der Waals surface area (Å²) >= 11 is 0. The van der Waals surface area contributed by atoms with Crippen LogP contribution in [0.1, 0.15) is 11.1 Å². The Kier molecular flexibility index (Phi) is 8.27. The van der Waals surface area contributed by atoms with E-state index in [-0.39, 0.29) is 0 Å². The molecule has 59 heavy (non-hydrogen) atoms. The fraction of sp³-hybridized carbons (Fsp3) is 0.0357. The van der Waals surface area contributed by atoms with Crippen molar-refractivity contribution in [3.8, 4) is 33.6 Å². The van der Waals surface area contributed by atoms with Crippen LogP contribution in [-0.2, 0) is 0 Å². The van der Waals surface area contributed by atoms with Gasteiger partial charge in [-0.05, 0) is 139 Å². The van der Waals surface area contributed by atoms with E-state index in [9.17, 15) is 0 Å². The highest BCUT2D eigenvalue weighted by Gasteiger charge is 2.18. The molecular weight excluding hydrogens is 715 g/mol. The molecule has 9 aromatic carbocycles. The first-order chi connectivity index (χ1) is 29.1. The second-order valence-electron chi connectivity index (χ2n) is 15.6. The minimum Gasteiger partial charge on any atom is -0.310 e. The van der Waals surface area contributed by atoms with Gasteiger partial charge in [0.2, 0.25) is 0 Å². The maximum Gasteiger partial charge on any atom is 0.0541 e. The van der Waals surface area contributed by atoms with Crippen LogP contribution in [0.4, 0.5) is 17.1 Å². The number of nitrogens with zero attached hydrogens (tertiary/aromatic N) is 3. The third kappa shape index (κ3) is 5.98. The number of benzene rings is 9. The first kappa shape index (κ1) is 34.6. The molecule has 0 spiro atoms. The number of aromatic nitrogens is 2. The Labute approximate surface area is 344 Å². The molecule has 2 heterocycles. The van der Waals surface area contributed by atoms with E-state index in [0.29, 0.717) is 0 Å². The van der Waals surface area contributed by atoms with Crippen molar-refractivity contribution in [2.24, 2.45) is 0 Å². The summed E-state index contributed by atoms with van der Waals surface area (Å²) in [6.45, 7) is 4.28. The Morgan fingerprint density at radius 2 is 0.695 bits per heavy atom. The van der Waals surface area contributed by atoms with Crippen molar-refractivity contribution < 1.29 is 0 Å². The lowest BCUT2D eigenvalue weighted by Crippen LogP contribution is -2.10. The molecule has 2 aromatic heterocycles. The van der Waals surface area contributed by atoms with Crippen LogP contribution in [0.5, 0.6) is 0 Å². The molecule has 3 heteroatoms. The van der Waals surface area contributed by atoms with Crippen LogP contribution < -0.4 is 4.90 Å². The van der Waals surface area contributed by atoms with Gasteiger partial charge in [0.05, 0.1) is 22.1 Å². The number of hydrogen-bond acceptors (Lipinski definition) is 1. The highest BCUT2D eigenvalue weighted by molar-refractivity contribution is 6.13. The normalized spacial score (nSPS) is 11.6. The summed E-state index contributed by atoms with van der Waals surface area (Å²) in [6.07, 6.45) is 0. The molecule has 0 aliphatic carbocycles. The van der Waals surface area contributed by atoms with E-state index in [2.05, 4.69) is 240 Å². The fourth-order valence-electron chi connectivity index (χ4n) is 8.90. The molecule has 0 saturated carbocycles. The molecule has 280 valence electrons. The Balaban J connectivity index is 1.07. The predicted octanol–water partition coefficient (Wildman–Crippen LogP) is 15.3. The summed E-state index contributed by atoms with van der Waals surface area (Å²) in [6, 6.07) is 77.6. The highest BCUT2D eigenvalue weighted by atomic mass is 15.1. The molecule has 3 nitrogen and oxygen atoms in total. The third-order valence-electron chi connectivity index (χ3n) is 11.8. The van der Waals surface area contributed by atoms with Gasteiger partial charge in [-0.1, -0.05) is 120 Å². The number of hydrogen-bond donors (Lipinski definition) is 0. The van der Waals surface area contributed by atoms with Gasteiger partial charge in [-0.2, -0.15) is 0 Å². The largest absolute Gasteiger partial charge is 0.310 e. The van der Waals surface area contributed by atoms with E-state index in [1.807, 2.05) is 0 Å². The first-order valence-electron chi connectivity index (χ1n) is 20.3. The Morgan fingerprint density at radius 1 is 0.288 bits per heavy atom. The van der Waals surface area contributed by atoms with Crippen LogP contribution in [0, 0.1) is 13.8 Å². The van der Waals surface area contributed by atoms with Gasteiger partial charge in [-0.25, -0.2) is 0 Å². The van der Waals surface area contributed by atoms with Crippen molar-refractivity contribution in [2.45, 2.75) is 13.8 Å². The van der Waals surface area contributed by atoms with Gasteiger partial charge in [0.1, 0.15) is 0 Å². The topological polar surface area (TPSA) is 13.1 Å². The molecule has 0 amide bonds. The minimum absolute atomic E-state index is 1.12. The lowest BCUT2D eigenvalue weighted by molar-refractivity contribution is 1.18. The van der Waals surface area contributed by atoms with E-state index >= 15 is 0 Å². The summed E-state index contributed by atoms with van der Waals surface area (Å²) in [7, 11) is 0. The van der Waals surface area contributed by atoms with Crippen LogP contribution in [0.3, 0.4) is 0 Å². The summed E-state index contributed by atoms with van der Waals surface area (Å²) in [5, 5.41) is 4.96. The van der Waals surface area contributed by atoms with Gasteiger partial charge in [-0.15, -0.1) is 0 Å². The average Bonchev–Trinajstić information content (AvgIpc) is 3.80. The van der Waals surface area contributed by atoms with E-state index in [1.165, 1.54) is 82.7 Å². The van der Waals surface area contributed by atoms with E-state index < -0.39 is 0 Å². The molecule has 11 aromatic rings. The lowest BCUT2D eigenvalue weighted by atomic mass is 9.99. The molecule has 0 radical (unpaired) electrons. The lowest BCUT2D eigenvalue weighted by Gasteiger charge is -2.26.